The maximum absolute atomic E-state index is 11.6. The van der Waals surface area contributed by atoms with Crippen LogP contribution in [0.1, 0.15) is 32.1 Å². The lowest BCUT2D eigenvalue weighted by atomic mass is 9.98. The van der Waals surface area contributed by atoms with Gasteiger partial charge in [-0.15, -0.1) is 11.6 Å². The third-order valence-electron chi connectivity index (χ3n) is 3.33. The zero-order valence-corrected chi connectivity index (χ0v) is 12.3. The van der Waals surface area contributed by atoms with Gasteiger partial charge in [-0.1, -0.05) is 12.5 Å². The van der Waals surface area contributed by atoms with Gasteiger partial charge in [0.25, 0.3) is 0 Å². The molecule has 0 saturated heterocycles. The van der Waals surface area contributed by atoms with Gasteiger partial charge in [0.15, 0.2) is 0 Å². The predicted molar refractivity (Wildman–Crippen MR) is 81.7 cm³/mol. The van der Waals surface area contributed by atoms with Crippen molar-refractivity contribution < 1.29 is 9.53 Å². The number of amides is 2. The molecular weight excluding hydrogens is 276 g/mol. The molecule has 5 heteroatoms. The predicted octanol–water partition coefficient (Wildman–Crippen LogP) is 3.76. The molecule has 0 aromatic heterocycles. The van der Waals surface area contributed by atoms with E-state index in [1.165, 1.54) is 19.3 Å². The van der Waals surface area contributed by atoms with E-state index in [0.29, 0.717) is 18.5 Å². The summed E-state index contributed by atoms with van der Waals surface area (Å²) in [5, 5.41) is 5.42. The van der Waals surface area contributed by atoms with Gasteiger partial charge in [-0.3, -0.25) is 0 Å². The van der Waals surface area contributed by atoms with Crippen molar-refractivity contribution in [3.05, 3.63) is 24.3 Å². The van der Waals surface area contributed by atoms with Crippen molar-refractivity contribution >= 4 is 23.3 Å². The van der Waals surface area contributed by atoms with Crippen LogP contribution in [0.15, 0.2) is 24.3 Å². The van der Waals surface area contributed by atoms with Gasteiger partial charge in [-0.2, -0.15) is 0 Å². The molecule has 1 saturated carbocycles. The molecule has 20 heavy (non-hydrogen) atoms. The monoisotopic (exact) mass is 296 g/mol. The second-order valence-corrected chi connectivity index (χ2v) is 5.35. The van der Waals surface area contributed by atoms with E-state index in [-0.39, 0.29) is 6.03 Å². The van der Waals surface area contributed by atoms with Crippen LogP contribution in [-0.2, 0) is 0 Å². The first-order chi connectivity index (χ1) is 9.78. The van der Waals surface area contributed by atoms with E-state index in [9.17, 15) is 4.79 Å². The maximum atomic E-state index is 11.6. The molecular formula is C15H21ClN2O2. The van der Waals surface area contributed by atoms with E-state index in [1.807, 2.05) is 24.3 Å². The van der Waals surface area contributed by atoms with Crippen molar-refractivity contribution in [1.29, 1.82) is 0 Å². The van der Waals surface area contributed by atoms with E-state index in [4.69, 9.17) is 16.3 Å². The fraction of sp³-hybridized carbons (Fsp3) is 0.533. The Kier molecular flexibility index (Phi) is 5.99. The van der Waals surface area contributed by atoms with Crippen molar-refractivity contribution in [3.8, 4) is 5.75 Å². The number of carbonyl (C=O) groups excluding carboxylic acids is 1. The minimum atomic E-state index is -0.250. The lowest BCUT2D eigenvalue weighted by Gasteiger charge is -2.23. The fourth-order valence-electron chi connectivity index (χ4n) is 2.36. The van der Waals surface area contributed by atoms with Crippen LogP contribution in [-0.4, -0.2) is 24.6 Å². The van der Waals surface area contributed by atoms with E-state index >= 15 is 0 Å². The highest BCUT2D eigenvalue weighted by molar-refractivity contribution is 6.18. The maximum Gasteiger partial charge on any atom is 0.319 e. The van der Waals surface area contributed by atoms with Crippen LogP contribution in [0, 0.1) is 0 Å². The number of rotatable bonds is 5. The van der Waals surface area contributed by atoms with Crippen LogP contribution >= 0.6 is 11.6 Å². The molecule has 2 N–H and O–H groups in total. The summed E-state index contributed by atoms with van der Waals surface area (Å²) in [7, 11) is 0. The molecule has 0 spiro atoms. The lowest BCUT2D eigenvalue weighted by molar-refractivity contribution is 0.155. The third kappa shape index (κ3) is 4.93. The zero-order valence-electron chi connectivity index (χ0n) is 11.5. The van der Waals surface area contributed by atoms with Gasteiger partial charge >= 0.3 is 6.03 Å². The normalized spacial score (nSPS) is 15.7. The molecule has 1 aromatic carbocycles. The first-order valence-corrected chi connectivity index (χ1v) is 7.69. The van der Waals surface area contributed by atoms with Crippen LogP contribution in [0.4, 0.5) is 10.5 Å². The SMILES string of the molecule is O=C(NCCCl)Nc1cccc(OC2CCCCC2)c1. The number of urea groups is 1. The number of hydrogen-bond acceptors (Lipinski definition) is 2. The van der Waals surface area contributed by atoms with E-state index in [0.717, 1.165) is 24.3 Å². The number of carbonyl (C=O) groups is 1. The molecule has 0 heterocycles. The molecule has 2 rings (SSSR count). The number of hydrogen-bond donors (Lipinski definition) is 2. The molecule has 0 bridgehead atoms. The van der Waals surface area contributed by atoms with Gasteiger partial charge in [0.1, 0.15) is 5.75 Å². The molecule has 0 atom stereocenters. The smallest absolute Gasteiger partial charge is 0.319 e. The van der Waals surface area contributed by atoms with Gasteiger partial charge in [0, 0.05) is 24.2 Å². The average Bonchev–Trinajstić information content (AvgIpc) is 2.46. The Hall–Kier alpha value is -1.42. The summed E-state index contributed by atoms with van der Waals surface area (Å²) in [5.41, 5.74) is 0.727. The standard InChI is InChI=1S/C15H21ClN2O2/c16-9-10-17-15(19)18-12-5-4-8-14(11-12)20-13-6-2-1-3-7-13/h4-5,8,11,13H,1-3,6-7,9-10H2,(H2,17,18,19). The molecule has 2 amide bonds. The summed E-state index contributed by atoms with van der Waals surface area (Å²) in [4.78, 5) is 11.6. The van der Waals surface area contributed by atoms with Crippen molar-refractivity contribution in [3.63, 3.8) is 0 Å². The number of ether oxygens (including phenoxy) is 1. The van der Waals surface area contributed by atoms with Crippen LogP contribution in [0.2, 0.25) is 0 Å². The molecule has 1 aromatic rings. The van der Waals surface area contributed by atoms with Crippen molar-refractivity contribution in [2.45, 2.75) is 38.2 Å². The highest BCUT2D eigenvalue weighted by Crippen LogP contribution is 2.25. The van der Waals surface area contributed by atoms with Gasteiger partial charge in [0.2, 0.25) is 0 Å². The Balaban J connectivity index is 1.88. The summed E-state index contributed by atoms with van der Waals surface area (Å²) in [6.45, 7) is 0.450. The average molecular weight is 297 g/mol. The summed E-state index contributed by atoms with van der Waals surface area (Å²) in [5.74, 6) is 1.21. The first kappa shape index (κ1) is 15.0. The third-order valence-corrected chi connectivity index (χ3v) is 3.52. The Bertz CT molecular complexity index is 434. The molecule has 1 fully saturated rings. The molecule has 1 aliphatic carbocycles. The highest BCUT2D eigenvalue weighted by atomic mass is 35.5. The second-order valence-electron chi connectivity index (χ2n) is 4.98. The van der Waals surface area contributed by atoms with E-state index in [2.05, 4.69) is 10.6 Å². The van der Waals surface area contributed by atoms with Gasteiger partial charge in [0.05, 0.1) is 6.10 Å². The topological polar surface area (TPSA) is 50.4 Å². The summed E-state index contributed by atoms with van der Waals surface area (Å²) < 4.78 is 5.97. The Morgan fingerprint density at radius 2 is 2.10 bits per heavy atom. The van der Waals surface area contributed by atoms with Gasteiger partial charge in [-0.05, 0) is 37.8 Å². The zero-order chi connectivity index (χ0) is 14.2. The quantitative estimate of drug-likeness (QED) is 0.813. The van der Waals surface area contributed by atoms with Gasteiger partial charge < -0.3 is 15.4 Å². The minimum absolute atomic E-state index is 0.250. The summed E-state index contributed by atoms with van der Waals surface area (Å²) in [6.07, 6.45) is 6.33. The van der Waals surface area contributed by atoms with Crippen LogP contribution in [0.5, 0.6) is 5.75 Å². The number of halogens is 1. The number of anilines is 1. The summed E-state index contributed by atoms with van der Waals surface area (Å²) in [6, 6.07) is 7.26. The Morgan fingerprint density at radius 1 is 1.30 bits per heavy atom. The number of alkyl halides is 1. The molecule has 0 aliphatic heterocycles. The highest BCUT2D eigenvalue weighted by Gasteiger charge is 2.14. The molecule has 0 unspecified atom stereocenters. The van der Waals surface area contributed by atoms with E-state index in [1.54, 1.807) is 0 Å². The minimum Gasteiger partial charge on any atom is -0.490 e. The van der Waals surface area contributed by atoms with Crippen molar-refractivity contribution in [2.24, 2.45) is 0 Å². The van der Waals surface area contributed by atoms with Gasteiger partial charge in [-0.25, -0.2) is 4.79 Å². The Morgan fingerprint density at radius 3 is 2.85 bits per heavy atom. The molecule has 0 radical (unpaired) electrons. The number of benzene rings is 1. The second kappa shape index (κ2) is 8.00. The first-order valence-electron chi connectivity index (χ1n) is 7.15. The molecule has 110 valence electrons. The lowest BCUT2D eigenvalue weighted by Crippen LogP contribution is -2.30. The fourth-order valence-corrected chi connectivity index (χ4v) is 2.45. The van der Waals surface area contributed by atoms with Crippen LogP contribution in [0.3, 0.4) is 0 Å². The largest absolute Gasteiger partial charge is 0.490 e. The number of nitrogens with one attached hydrogen (secondary N) is 2. The van der Waals surface area contributed by atoms with Crippen LogP contribution < -0.4 is 15.4 Å². The summed E-state index contributed by atoms with van der Waals surface area (Å²) >= 11 is 5.52. The van der Waals surface area contributed by atoms with Crippen molar-refractivity contribution in [1.82, 2.24) is 5.32 Å². The Labute approximate surface area is 124 Å². The molecule has 4 nitrogen and oxygen atoms in total. The van der Waals surface area contributed by atoms with Crippen molar-refractivity contribution in [2.75, 3.05) is 17.7 Å². The van der Waals surface area contributed by atoms with Crippen LogP contribution in [0.25, 0.3) is 0 Å². The molecule has 1 aliphatic rings. The van der Waals surface area contributed by atoms with E-state index < -0.39 is 0 Å².